The maximum Gasteiger partial charge on any atom is 0.228 e. The topological polar surface area (TPSA) is 29.1 Å². The molecule has 1 N–H and O–H groups in total. The van der Waals surface area contributed by atoms with Gasteiger partial charge in [-0.1, -0.05) is 36.4 Å². The minimum Gasteiger partial charge on any atom is -0.326 e. The predicted molar refractivity (Wildman–Crippen MR) is 120 cm³/mol. The summed E-state index contributed by atoms with van der Waals surface area (Å²) in [5, 5.41) is 2.90. The Hall–Kier alpha value is -3.11. The molecule has 0 radical (unpaired) electrons. The molecule has 4 heteroatoms. The van der Waals surface area contributed by atoms with Gasteiger partial charge in [-0.2, -0.15) is 0 Å². The number of halogens is 1. The molecule has 1 aliphatic rings. The van der Waals surface area contributed by atoms with Crippen LogP contribution >= 0.6 is 11.8 Å². The lowest BCUT2D eigenvalue weighted by Gasteiger charge is -2.07. The maximum absolute atomic E-state index is 13.9. The number of hydrogen-bond donors (Lipinski definition) is 1. The van der Waals surface area contributed by atoms with Gasteiger partial charge in [-0.15, -0.1) is 11.8 Å². The molecule has 0 atom stereocenters. The van der Waals surface area contributed by atoms with Crippen LogP contribution in [0.15, 0.2) is 83.8 Å². The summed E-state index contributed by atoms with van der Waals surface area (Å²) < 4.78 is 13.9. The van der Waals surface area contributed by atoms with Gasteiger partial charge in [0.25, 0.3) is 0 Å². The van der Waals surface area contributed by atoms with Crippen molar-refractivity contribution in [3.8, 4) is 0 Å². The third kappa shape index (κ3) is 4.49. The average molecular weight is 402 g/mol. The molecule has 0 saturated heterocycles. The fourth-order valence-corrected chi connectivity index (χ4v) is 3.83. The molecular formula is C25H20FNOS. The lowest BCUT2D eigenvalue weighted by atomic mass is 10.0. The second-order valence-electron chi connectivity index (χ2n) is 6.82. The second-order valence-corrected chi connectivity index (χ2v) is 7.70. The van der Waals surface area contributed by atoms with Crippen LogP contribution in [-0.2, 0) is 4.79 Å². The largest absolute Gasteiger partial charge is 0.326 e. The minimum absolute atomic E-state index is 0.122. The molecule has 0 aliphatic heterocycles. The number of nitrogens with one attached hydrogen (secondary N) is 1. The van der Waals surface area contributed by atoms with E-state index in [0.29, 0.717) is 0 Å². The molecule has 1 aliphatic carbocycles. The van der Waals surface area contributed by atoms with Crippen molar-refractivity contribution in [2.75, 3.05) is 11.6 Å². The summed E-state index contributed by atoms with van der Waals surface area (Å²) in [5.41, 5.74) is 5.35. The third-order valence-electron chi connectivity index (χ3n) is 4.81. The van der Waals surface area contributed by atoms with Crippen molar-refractivity contribution in [3.63, 3.8) is 0 Å². The molecule has 2 nitrogen and oxygen atoms in total. The first-order valence-corrected chi connectivity index (χ1v) is 10.6. The van der Waals surface area contributed by atoms with Crippen molar-refractivity contribution in [1.82, 2.24) is 0 Å². The van der Waals surface area contributed by atoms with Gasteiger partial charge in [-0.25, -0.2) is 4.39 Å². The number of amides is 1. The van der Waals surface area contributed by atoms with Crippen LogP contribution in [-0.4, -0.2) is 12.2 Å². The van der Waals surface area contributed by atoms with Crippen molar-refractivity contribution in [3.05, 3.63) is 101 Å². The van der Waals surface area contributed by atoms with Gasteiger partial charge in [0, 0.05) is 10.6 Å². The molecule has 3 aromatic carbocycles. The highest BCUT2D eigenvalue weighted by Crippen LogP contribution is 2.38. The van der Waals surface area contributed by atoms with E-state index in [1.54, 1.807) is 17.8 Å². The van der Waals surface area contributed by atoms with Crippen LogP contribution < -0.4 is 5.32 Å². The van der Waals surface area contributed by atoms with E-state index < -0.39 is 0 Å². The zero-order valence-corrected chi connectivity index (χ0v) is 16.8. The molecule has 0 spiro atoms. The van der Waals surface area contributed by atoms with Crippen LogP contribution in [0.5, 0.6) is 0 Å². The fourth-order valence-electron chi connectivity index (χ4n) is 3.42. The highest BCUT2D eigenvalue weighted by Gasteiger charge is 2.21. The lowest BCUT2D eigenvalue weighted by Crippen LogP contribution is -2.11. The molecule has 144 valence electrons. The molecule has 0 fully saturated rings. The van der Waals surface area contributed by atoms with E-state index in [-0.39, 0.29) is 18.1 Å². The predicted octanol–water partition coefficient (Wildman–Crippen LogP) is 6.51. The third-order valence-corrected chi connectivity index (χ3v) is 5.56. The summed E-state index contributed by atoms with van der Waals surface area (Å²) in [6, 6.07) is 22.4. The summed E-state index contributed by atoms with van der Waals surface area (Å²) in [6.07, 6.45) is 6.29. The van der Waals surface area contributed by atoms with Gasteiger partial charge in [-0.05, 0) is 82.6 Å². The first kappa shape index (κ1) is 19.2. The van der Waals surface area contributed by atoms with Gasteiger partial charge in [0.15, 0.2) is 0 Å². The SMILES string of the molecule is CSc1ccc(/C=C2\C=C(CC(=O)Nc3ccccc3)c3cc(F)ccc32)cc1. The van der Waals surface area contributed by atoms with Crippen molar-refractivity contribution >= 4 is 40.6 Å². The first-order chi connectivity index (χ1) is 14.1. The number of carbonyl (C=O) groups is 1. The number of allylic oxidation sites excluding steroid dienone is 2. The van der Waals surface area contributed by atoms with Crippen LogP contribution in [0.4, 0.5) is 10.1 Å². The number of benzene rings is 3. The van der Waals surface area contributed by atoms with Crippen LogP contribution in [0, 0.1) is 5.82 Å². The Morgan fingerprint density at radius 2 is 1.76 bits per heavy atom. The molecule has 0 aromatic heterocycles. The summed E-state index contributed by atoms with van der Waals surface area (Å²) in [6.45, 7) is 0. The van der Waals surface area contributed by atoms with Gasteiger partial charge in [0.1, 0.15) is 5.82 Å². The number of anilines is 1. The van der Waals surface area contributed by atoms with Gasteiger partial charge in [0.05, 0.1) is 6.42 Å². The Morgan fingerprint density at radius 1 is 1.00 bits per heavy atom. The molecule has 1 amide bonds. The minimum atomic E-state index is -0.302. The van der Waals surface area contributed by atoms with Crippen LogP contribution in [0.1, 0.15) is 23.1 Å². The summed E-state index contributed by atoms with van der Waals surface area (Å²) in [5.74, 6) is -0.424. The zero-order valence-electron chi connectivity index (χ0n) is 16.0. The second kappa shape index (κ2) is 8.50. The van der Waals surface area contributed by atoms with Gasteiger partial charge in [0.2, 0.25) is 5.91 Å². The van der Waals surface area contributed by atoms with Gasteiger partial charge < -0.3 is 5.32 Å². The first-order valence-electron chi connectivity index (χ1n) is 9.34. The maximum atomic E-state index is 13.9. The van der Waals surface area contributed by atoms with Crippen molar-refractivity contribution < 1.29 is 9.18 Å². The van der Waals surface area contributed by atoms with Crippen LogP contribution in [0.2, 0.25) is 0 Å². The monoisotopic (exact) mass is 401 g/mol. The Morgan fingerprint density at radius 3 is 2.48 bits per heavy atom. The van der Waals surface area contributed by atoms with Crippen LogP contribution in [0.25, 0.3) is 17.2 Å². The van der Waals surface area contributed by atoms with Crippen LogP contribution in [0.3, 0.4) is 0 Å². The number of carbonyl (C=O) groups excluding carboxylic acids is 1. The molecule has 29 heavy (non-hydrogen) atoms. The quantitative estimate of drug-likeness (QED) is 0.494. The molecule has 0 unspecified atom stereocenters. The van der Waals surface area contributed by atoms with Gasteiger partial charge >= 0.3 is 0 Å². The average Bonchev–Trinajstić information content (AvgIpc) is 3.05. The van der Waals surface area contributed by atoms with Crippen molar-refractivity contribution in [1.29, 1.82) is 0 Å². The lowest BCUT2D eigenvalue weighted by molar-refractivity contribution is -0.115. The van der Waals surface area contributed by atoms with Crippen molar-refractivity contribution in [2.24, 2.45) is 0 Å². The summed E-state index contributed by atoms with van der Waals surface area (Å²) >= 11 is 1.70. The molecular weight excluding hydrogens is 381 g/mol. The van der Waals surface area contributed by atoms with E-state index in [0.717, 1.165) is 33.5 Å². The highest BCUT2D eigenvalue weighted by molar-refractivity contribution is 7.98. The molecule has 4 rings (SSSR count). The summed E-state index contributed by atoms with van der Waals surface area (Å²) in [7, 11) is 0. The number of para-hydroxylation sites is 1. The highest BCUT2D eigenvalue weighted by atomic mass is 32.2. The smallest absolute Gasteiger partial charge is 0.228 e. The number of rotatable bonds is 5. The molecule has 0 heterocycles. The molecule has 3 aromatic rings. The van der Waals surface area contributed by atoms with Gasteiger partial charge in [-0.3, -0.25) is 4.79 Å². The number of hydrogen-bond acceptors (Lipinski definition) is 2. The van der Waals surface area contributed by atoms with E-state index in [2.05, 4.69) is 35.7 Å². The molecule has 0 bridgehead atoms. The normalized spacial score (nSPS) is 13.9. The van der Waals surface area contributed by atoms with E-state index >= 15 is 0 Å². The van der Waals surface area contributed by atoms with E-state index in [1.807, 2.05) is 42.7 Å². The number of thioether (sulfide) groups is 1. The van der Waals surface area contributed by atoms with E-state index in [4.69, 9.17) is 0 Å². The fraction of sp³-hybridized carbons (Fsp3) is 0.0800. The van der Waals surface area contributed by atoms with E-state index in [1.165, 1.54) is 17.0 Å². The Labute approximate surface area is 174 Å². The Balaban J connectivity index is 1.62. The van der Waals surface area contributed by atoms with Crippen molar-refractivity contribution in [2.45, 2.75) is 11.3 Å². The number of fused-ring (bicyclic) bond motifs is 1. The Bertz CT molecular complexity index is 1100. The van der Waals surface area contributed by atoms with E-state index in [9.17, 15) is 9.18 Å². The zero-order chi connectivity index (χ0) is 20.2. The summed E-state index contributed by atoms with van der Waals surface area (Å²) in [4.78, 5) is 13.7. The molecule has 0 saturated carbocycles. The Kier molecular flexibility index (Phi) is 5.63. The standard InChI is InChI=1S/C25H20FNOS/c1-29-22-10-7-17(8-11-22)13-18-14-19(24-16-20(26)9-12-23(18)24)15-25(28)27-21-5-3-2-4-6-21/h2-14,16H,15H2,1H3,(H,27,28)/b18-13+.